The first kappa shape index (κ1) is 17.6. The van der Waals surface area contributed by atoms with Crippen molar-refractivity contribution in [1.29, 1.82) is 0 Å². The van der Waals surface area contributed by atoms with Gasteiger partial charge in [0.2, 0.25) is 5.91 Å². The summed E-state index contributed by atoms with van der Waals surface area (Å²) in [6.07, 6.45) is 1.16. The maximum absolute atomic E-state index is 11.9. The Morgan fingerprint density at radius 1 is 1.33 bits per heavy atom. The smallest absolute Gasteiger partial charge is 0.225 e. The maximum atomic E-state index is 11.9. The van der Waals surface area contributed by atoms with Gasteiger partial charge in [0.15, 0.2) is 0 Å². The number of hydrogen-bond donors (Lipinski definition) is 3. The molecule has 0 fully saturated rings. The Hall–Kier alpha value is -1.50. The van der Waals surface area contributed by atoms with Gasteiger partial charge < -0.3 is 21.1 Å². The molecule has 0 bridgehead atoms. The highest BCUT2D eigenvalue weighted by Crippen LogP contribution is 2.10. The average Bonchev–Trinajstić information content (AvgIpc) is 2.48. The second kappa shape index (κ2) is 9.44. The van der Waals surface area contributed by atoms with Gasteiger partial charge in [-0.1, -0.05) is 19.1 Å². The Balaban J connectivity index is 2.40. The van der Waals surface area contributed by atoms with E-state index >= 15 is 0 Å². The zero-order valence-corrected chi connectivity index (χ0v) is 13.2. The number of anilines is 1. The first-order chi connectivity index (χ1) is 10.1. The fourth-order valence-corrected chi connectivity index (χ4v) is 2.06. The molecular formula is C15H23N3O2S. The van der Waals surface area contributed by atoms with Crippen LogP contribution in [0.15, 0.2) is 24.3 Å². The van der Waals surface area contributed by atoms with Crippen molar-refractivity contribution >= 4 is 28.8 Å². The van der Waals surface area contributed by atoms with E-state index in [0.29, 0.717) is 18.0 Å². The van der Waals surface area contributed by atoms with E-state index in [2.05, 4.69) is 10.2 Å². The van der Waals surface area contributed by atoms with Crippen LogP contribution in [0, 0.1) is 0 Å². The number of aliphatic hydroxyl groups is 1. The standard InChI is InChI=1S/C15H23N3O2S/c1-2-18(9-3-11-19)10-8-14(20)17-13-6-4-12(5-7-13)15(16)21/h4-7,19H,2-3,8-11H2,1H3,(H2,16,21)(H,17,20). The van der Waals surface area contributed by atoms with Crippen LogP contribution in [-0.4, -0.2) is 47.1 Å². The van der Waals surface area contributed by atoms with Crippen LogP contribution < -0.4 is 11.1 Å². The number of benzene rings is 1. The first-order valence-electron chi connectivity index (χ1n) is 7.09. The number of nitrogens with two attached hydrogens (primary N) is 1. The van der Waals surface area contributed by atoms with E-state index in [4.69, 9.17) is 23.1 Å². The Kier molecular flexibility index (Phi) is 7.89. The minimum Gasteiger partial charge on any atom is -0.396 e. The summed E-state index contributed by atoms with van der Waals surface area (Å²) in [5.74, 6) is -0.0273. The van der Waals surface area contributed by atoms with Crippen molar-refractivity contribution in [2.24, 2.45) is 5.73 Å². The van der Waals surface area contributed by atoms with Crippen molar-refractivity contribution in [2.75, 3.05) is 31.6 Å². The van der Waals surface area contributed by atoms with Crippen LogP contribution in [0.5, 0.6) is 0 Å². The van der Waals surface area contributed by atoms with Gasteiger partial charge in [-0.05, 0) is 37.2 Å². The van der Waals surface area contributed by atoms with Gasteiger partial charge in [-0.2, -0.15) is 0 Å². The number of thiocarbonyl (C=S) groups is 1. The number of rotatable bonds is 9. The number of carbonyl (C=O) groups excluding carboxylic acids is 1. The molecule has 0 saturated carbocycles. The summed E-state index contributed by atoms with van der Waals surface area (Å²) in [6.45, 7) is 4.59. The summed E-state index contributed by atoms with van der Waals surface area (Å²) >= 11 is 4.88. The van der Waals surface area contributed by atoms with Crippen LogP contribution in [0.3, 0.4) is 0 Å². The molecule has 0 atom stereocenters. The van der Waals surface area contributed by atoms with Gasteiger partial charge in [0.05, 0.1) is 0 Å². The van der Waals surface area contributed by atoms with Crippen molar-refractivity contribution in [2.45, 2.75) is 19.8 Å². The lowest BCUT2D eigenvalue weighted by Gasteiger charge is -2.19. The van der Waals surface area contributed by atoms with Crippen molar-refractivity contribution in [3.05, 3.63) is 29.8 Å². The van der Waals surface area contributed by atoms with Gasteiger partial charge >= 0.3 is 0 Å². The van der Waals surface area contributed by atoms with E-state index in [-0.39, 0.29) is 12.5 Å². The predicted octanol–water partition coefficient (Wildman–Crippen LogP) is 1.35. The van der Waals surface area contributed by atoms with Crippen molar-refractivity contribution in [1.82, 2.24) is 4.90 Å². The first-order valence-corrected chi connectivity index (χ1v) is 7.50. The van der Waals surface area contributed by atoms with Crippen LogP contribution in [0.1, 0.15) is 25.3 Å². The summed E-state index contributed by atoms with van der Waals surface area (Å²) in [4.78, 5) is 14.4. The van der Waals surface area contributed by atoms with E-state index in [1.807, 2.05) is 6.92 Å². The molecule has 1 aromatic rings. The number of carbonyl (C=O) groups is 1. The topological polar surface area (TPSA) is 78.6 Å². The van der Waals surface area contributed by atoms with E-state index in [9.17, 15) is 4.79 Å². The molecule has 0 saturated heterocycles. The van der Waals surface area contributed by atoms with Gasteiger partial charge in [0.25, 0.3) is 0 Å². The Bertz CT molecular complexity index is 462. The third-order valence-electron chi connectivity index (χ3n) is 3.19. The van der Waals surface area contributed by atoms with Gasteiger partial charge in [0.1, 0.15) is 4.99 Å². The number of hydrogen-bond acceptors (Lipinski definition) is 4. The number of amides is 1. The summed E-state index contributed by atoms with van der Waals surface area (Å²) in [6, 6.07) is 7.15. The maximum Gasteiger partial charge on any atom is 0.225 e. The second-order valence-electron chi connectivity index (χ2n) is 4.75. The molecule has 0 aliphatic heterocycles. The molecule has 5 nitrogen and oxygen atoms in total. The number of aliphatic hydroxyl groups excluding tert-OH is 1. The van der Waals surface area contributed by atoms with Crippen molar-refractivity contribution in [3.63, 3.8) is 0 Å². The molecule has 1 rings (SSSR count). The highest BCUT2D eigenvalue weighted by molar-refractivity contribution is 7.80. The molecule has 0 aromatic heterocycles. The third-order valence-corrected chi connectivity index (χ3v) is 3.42. The number of nitrogens with one attached hydrogen (secondary N) is 1. The van der Waals surface area contributed by atoms with Gasteiger partial charge in [-0.15, -0.1) is 0 Å². The quantitative estimate of drug-likeness (QED) is 0.600. The molecule has 116 valence electrons. The number of nitrogens with zero attached hydrogens (tertiary/aromatic N) is 1. The van der Waals surface area contributed by atoms with Crippen LogP contribution in [-0.2, 0) is 4.79 Å². The molecule has 0 radical (unpaired) electrons. The van der Waals surface area contributed by atoms with Crippen molar-refractivity contribution < 1.29 is 9.90 Å². The lowest BCUT2D eigenvalue weighted by atomic mass is 10.2. The Labute approximate surface area is 131 Å². The minimum atomic E-state index is -0.0273. The van der Waals surface area contributed by atoms with Gasteiger partial charge in [0, 0.05) is 37.4 Å². The molecule has 21 heavy (non-hydrogen) atoms. The van der Waals surface area contributed by atoms with Gasteiger partial charge in [-0.25, -0.2) is 0 Å². The second-order valence-corrected chi connectivity index (χ2v) is 5.19. The largest absolute Gasteiger partial charge is 0.396 e. The van der Waals surface area contributed by atoms with E-state index in [1.54, 1.807) is 24.3 Å². The van der Waals surface area contributed by atoms with Crippen LogP contribution >= 0.6 is 12.2 Å². The normalized spacial score (nSPS) is 10.6. The van der Waals surface area contributed by atoms with Gasteiger partial charge in [-0.3, -0.25) is 4.79 Å². The van der Waals surface area contributed by atoms with Crippen LogP contribution in [0.25, 0.3) is 0 Å². The fraction of sp³-hybridized carbons (Fsp3) is 0.467. The van der Waals surface area contributed by atoms with E-state index < -0.39 is 0 Å². The van der Waals surface area contributed by atoms with Crippen LogP contribution in [0.2, 0.25) is 0 Å². The summed E-state index contributed by atoms with van der Waals surface area (Å²) < 4.78 is 0. The molecule has 0 aliphatic rings. The monoisotopic (exact) mass is 309 g/mol. The average molecular weight is 309 g/mol. The predicted molar refractivity (Wildman–Crippen MR) is 89.4 cm³/mol. The lowest BCUT2D eigenvalue weighted by Crippen LogP contribution is -2.29. The molecule has 0 heterocycles. The summed E-state index contributed by atoms with van der Waals surface area (Å²) in [5.41, 5.74) is 7.04. The minimum absolute atomic E-state index is 0.0273. The van der Waals surface area contributed by atoms with Crippen molar-refractivity contribution in [3.8, 4) is 0 Å². The molecule has 1 aromatic carbocycles. The van der Waals surface area contributed by atoms with E-state index in [0.717, 1.165) is 30.8 Å². The molecule has 0 spiro atoms. The Morgan fingerprint density at radius 3 is 2.52 bits per heavy atom. The van der Waals surface area contributed by atoms with Crippen LogP contribution in [0.4, 0.5) is 5.69 Å². The lowest BCUT2D eigenvalue weighted by molar-refractivity contribution is -0.116. The molecular weight excluding hydrogens is 286 g/mol. The summed E-state index contributed by atoms with van der Waals surface area (Å²) in [5, 5.41) is 11.7. The third kappa shape index (κ3) is 6.66. The molecule has 1 amide bonds. The highest BCUT2D eigenvalue weighted by Gasteiger charge is 2.07. The SMILES string of the molecule is CCN(CCCO)CCC(=O)Nc1ccc(C(N)=S)cc1. The molecule has 4 N–H and O–H groups in total. The molecule has 6 heteroatoms. The van der Waals surface area contributed by atoms with E-state index in [1.165, 1.54) is 0 Å². The molecule has 0 unspecified atom stereocenters. The summed E-state index contributed by atoms with van der Waals surface area (Å²) in [7, 11) is 0. The zero-order chi connectivity index (χ0) is 15.7. The fourth-order valence-electron chi connectivity index (χ4n) is 1.92. The highest BCUT2D eigenvalue weighted by atomic mass is 32.1. The zero-order valence-electron chi connectivity index (χ0n) is 12.3. The Morgan fingerprint density at radius 2 is 2.00 bits per heavy atom. The molecule has 0 aliphatic carbocycles.